The molecule has 0 aliphatic carbocycles. The van der Waals surface area contributed by atoms with Gasteiger partial charge in [0.1, 0.15) is 0 Å². The number of hydrogen-bond donors (Lipinski definition) is 4. The van der Waals surface area contributed by atoms with Gasteiger partial charge >= 0.3 is 0 Å². The number of aliphatic hydroxyl groups is 2. The highest BCUT2D eigenvalue weighted by atomic mass is 16.3. The minimum atomic E-state index is -0.441. The summed E-state index contributed by atoms with van der Waals surface area (Å²) in [4.78, 5) is 0. The van der Waals surface area contributed by atoms with Crippen molar-refractivity contribution in [1.82, 2.24) is 0 Å². The Kier molecular flexibility index (Phi) is 18.1. The summed E-state index contributed by atoms with van der Waals surface area (Å²) in [5.74, 6) is 0. The predicted octanol–water partition coefficient (Wildman–Crippen LogP) is 4.64. The van der Waals surface area contributed by atoms with Gasteiger partial charge in [0.2, 0.25) is 0 Å². The highest BCUT2D eigenvalue weighted by Gasteiger charge is 2.19. The van der Waals surface area contributed by atoms with Gasteiger partial charge in [0.15, 0.2) is 0 Å². The van der Waals surface area contributed by atoms with Crippen LogP contribution in [-0.4, -0.2) is 34.5 Å². The first-order valence-electron chi connectivity index (χ1n) is 11.4. The maximum absolute atomic E-state index is 10.2. The fraction of sp³-hybridized carbons (Fsp3) is 1.00. The van der Waals surface area contributed by atoms with Crippen LogP contribution in [0.2, 0.25) is 0 Å². The fourth-order valence-corrected chi connectivity index (χ4v) is 3.47. The summed E-state index contributed by atoms with van der Waals surface area (Å²) in [5.41, 5.74) is 12.2. The van der Waals surface area contributed by atoms with Crippen LogP contribution in [0.5, 0.6) is 0 Å². The van der Waals surface area contributed by atoms with Crippen LogP contribution in [0.25, 0.3) is 0 Å². The Morgan fingerprint density at radius 2 is 0.808 bits per heavy atom. The summed E-state index contributed by atoms with van der Waals surface area (Å²) in [5, 5.41) is 20.4. The second kappa shape index (κ2) is 18.2. The van der Waals surface area contributed by atoms with Gasteiger partial charge in [-0.25, -0.2) is 0 Å². The number of hydrogen-bond acceptors (Lipinski definition) is 4. The van der Waals surface area contributed by atoms with Crippen LogP contribution in [0.1, 0.15) is 117 Å². The van der Waals surface area contributed by atoms with Crippen LogP contribution in [-0.2, 0) is 0 Å². The molecule has 4 nitrogen and oxygen atoms in total. The van der Waals surface area contributed by atoms with Crippen LogP contribution in [0.4, 0.5) is 0 Å². The molecule has 0 aliphatic rings. The lowest BCUT2D eigenvalue weighted by Crippen LogP contribution is -2.39. The lowest BCUT2D eigenvalue weighted by Gasteiger charge is -2.23. The Balaban J connectivity index is 3.69. The van der Waals surface area contributed by atoms with Gasteiger partial charge in [-0.2, -0.15) is 0 Å². The average Bonchev–Trinajstić information content (AvgIpc) is 2.64. The van der Waals surface area contributed by atoms with Crippen molar-refractivity contribution >= 4 is 0 Å². The van der Waals surface area contributed by atoms with Crippen LogP contribution in [0.15, 0.2) is 0 Å². The second-order valence-corrected chi connectivity index (χ2v) is 8.15. The van der Waals surface area contributed by atoms with Crippen molar-refractivity contribution in [2.75, 3.05) is 0 Å². The second-order valence-electron chi connectivity index (χ2n) is 8.15. The molecule has 6 N–H and O–H groups in total. The monoisotopic (exact) mass is 372 g/mol. The van der Waals surface area contributed by atoms with Crippen molar-refractivity contribution in [1.29, 1.82) is 0 Å². The van der Waals surface area contributed by atoms with Gasteiger partial charge in [-0.05, 0) is 25.7 Å². The van der Waals surface area contributed by atoms with Gasteiger partial charge in [-0.3, -0.25) is 0 Å². The third kappa shape index (κ3) is 15.0. The van der Waals surface area contributed by atoms with Crippen molar-refractivity contribution in [3.05, 3.63) is 0 Å². The topological polar surface area (TPSA) is 92.5 Å². The van der Waals surface area contributed by atoms with Crippen molar-refractivity contribution in [3.63, 3.8) is 0 Å². The first-order chi connectivity index (χ1) is 12.5. The molecule has 0 rings (SSSR count). The summed E-state index contributed by atoms with van der Waals surface area (Å²) in [6, 6.07) is -0.448. The molecule has 4 atom stereocenters. The zero-order valence-electron chi connectivity index (χ0n) is 17.7. The molecule has 158 valence electrons. The Hall–Kier alpha value is -0.160. The highest BCUT2D eigenvalue weighted by molar-refractivity contribution is 4.78. The summed E-state index contributed by atoms with van der Waals surface area (Å²) < 4.78 is 0. The number of rotatable bonds is 19. The smallest absolute Gasteiger partial charge is 0.0691 e. The maximum atomic E-state index is 10.2. The Bertz CT molecular complexity index is 261. The van der Waals surface area contributed by atoms with E-state index in [4.69, 9.17) is 11.5 Å². The summed E-state index contributed by atoms with van der Waals surface area (Å²) in [7, 11) is 0. The van der Waals surface area contributed by atoms with Gasteiger partial charge in [0.05, 0.1) is 12.2 Å². The van der Waals surface area contributed by atoms with E-state index in [0.29, 0.717) is 12.8 Å². The van der Waals surface area contributed by atoms with E-state index in [1.165, 1.54) is 64.2 Å². The van der Waals surface area contributed by atoms with E-state index >= 15 is 0 Å². The molecule has 4 unspecified atom stereocenters. The van der Waals surface area contributed by atoms with E-state index < -0.39 is 12.2 Å². The lowest BCUT2D eigenvalue weighted by molar-refractivity contribution is 0.107. The fourth-order valence-electron chi connectivity index (χ4n) is 3.47. The number of unbranched alkanes of at least 4 members (excludes halogenated alkanes) is 10. The molecular weight excluding hydrogens is 324 g/mol. The van der Waals surface area contributed by atoms with Crippen molar-refractivity contribution in [2.45, 2.75) is 141 Å². The molecule has 0 fully saturated rings. The molecule has 0 saturated heterocycles. The Morgan fingerprint density at radius 1 is 0.500 bits per heavy atom. The SMILES string of the molecule is CCCCCCCCC(O)C(N)CCC(N)C(O)CCCCCCCC. The van der Waals surface area contributed by atoms with Crippen LogP contribution < -0.4 is 11.5 Å². The van der Waals surface area contributed by atoms with E-state index in [1.54, 1.807) is 0 Å². The molecular formula is C22H48N2O2. The standard InChI is InChI=1S/C22H48N2O2/c1-3-5-7-9-11-13-15-21(25)19(23)17-18-20(24)22(26)16-14-12-10-8-6-4-2/h19-22,25-26H,3-18,23-24H2,1-2H3. The summed E-state index contributed by atoms with van der Waals surface area (Å²) in [6.45, 7) is 4.44. The van der Waals surface area contributed by atoms with E-state index in [-0.39, 0.29) is 12.1 Å². The minimum absolute atomic E-state index is 0.224. The molecule has 0 spiro atoms. The predicted molar refractivity (Wildman–Crippen MR) is 113 cm³/mol. The van der Waals surface area contributed by atoms with E-state index in [1.807, 2.05) is 0 Å². The van der Waals surface area contributed by atoms with Crippen molar-refractivity contribution in [3.8, 4) is 0 Å². The quantitative estimate of drug-likeness (QED) is 0.248. The third-order valence-electron chi connectivity index (χ3n) is 5.53. The third-order valence-corrected chi connectivity index (χ3v) is 5.53. The number of nitrogens with two attached hydrogens (primary N) is 2. The minimum Gasteiger partial charge on any atom is -0.392 e. The molecule has 4 heteroatoms. The first kappa shape index (κ1) is 25.8. The molecule has 0 heterocycles. The van der Waals surface area contributed by atoms with Gasteiger partial charge in [-0.1, -0.05) is 90.9 Å². The van der Waals surface area contributed by atoms with Gasteiger partial charge in [-0.15, -0.1) is 0 Å². The summed E-state index contributed by atoms with van der Waals surface area (Å²) >= 11 is 0. The molecule has 0 aliphatic heterocycles. The van der Waals surface area contributed by atoms with E-state index in [9.17, 15) is 10.2 Å². The molecule has 0 amide bonds. The van der Waals surface area contributed by atoms with E-state index in [2.05, 4.69) is 13.8 Å². The molecule has 0 aromatic rings. The normalized spacial score (nSPS) is 16.4. The van der Waals surface area contributed by atoms with Gasteiger partial charge in [0.25, 0.3) is 0 Å². The van der Waals surface area contributed by atoms with Gasteiger partial charge < -0.3 is 21.7 Å². The zero-order valence-corrected chi connectivity index (χ0v) is 17.7. The number of aliphatic hydroxyl groups excluding tert-OH is 2. The first-order valence-corrected chi connectivity index (χ1v) is 11.4. The maximum Gasteiger partial charge on any atom is 0.0691 e. The Morgan fingerprint density at radius 3 is 1.15 bits per heavy atom. The molecule has 26 heavy (non-hydrogen) atoms. The van der Waals surface area contributed by atoms with Crippen LogP contribution in [0.3, 0.4) is 0 Å². The van der Waals surface area contributed by atoms with Crippen molar-refractivity contribution < 1.29 is 10.2 Å². The largest absolute Gasteiger partial charge is 0.392 e. The molecule has 0 aromatic heterocycles. The average molecular weight is 373 g/mol. The lowest BCUT2D eigenvalue weighted by atomic mass is 9.95. The summed E-state index contributed by atoms with van der Waals surface area (Å²) in [6.07, 6.45) is 16.7. The molecule has 0 radical (unpaired) electrons. The van der Waals surface area contributed by atoms with Gasteiger partial charge in [0, 0.05) is 12.1 Å². The molecule has 0 bridgehead atoms. The molecule has 0 saturated carbocycles. The highest BCUT2D eigenvalue weighted by Crippen LogP contribution is 2.15. The molecule has 0 aromatic carbocycles. The van der Waals surface area contributed by atoms with Crippen LogP contribution in [0, 0.1) is 0 Å². The van der Waals surface area contributed by atoms with Crippen LogP contribution >= 0.6 is 0 Å². The van der Waals surface area contributed by atoms with Crippen molar-refractivity contribution in [2.24, 2.45) is 11.5 Å². The Labute approximate surface area is 163 Å². The van der Waals surface area contributed by atoms with E-state index in [0.717, 1.165) is 25.7 Å². The zero-order chi connectivity index (χ0) is 19.6.